The summed E-state index contributed by atoms with van der Waals surface area (Å²) in [7, 11) is -4.69. The number of phosphoric ester groups is 1. The number of carbonyl (C=O) groups is 1. The summed E-state index contributed by atoms with van der Waals surface area (Å²) < 4.78 is 80.9. The molecule has 3 aromatic heterocycles. The van der Waals surface area contributed by atoms with Gasteiger partial charge in [-0.15, -0.1) is 11.7 Å². The third-order valence-corrected chi connectivity index (χ3v) is 13.9. The van der Waals surface area contributed by atoms with Crippen LogP contribution in [0.4, 0.5) is 15.9 Å². The first-order valence-electron chi connectivity index (χ1n) is 19.9. The van der Waals surface area contributed by atoms with Crippen LogP contribution in [0.25, 0.3) is 27.0 Å². The molecule has 2 aliphatic rings. The van der Waals surface area contributed by atoms with Crippen LogP contribution in [0.3, 0.4) is 0 Å². The Kier molecular flexibility index (Phi) is 15.7. The van der Waals surface area contributed by atoms with Gasteiger partial charge in [0.25, 0.3) is 11.6 Å². The van der Waals surface area contributed by atoms with Crippen molar-refractivity contribution in [3.05, 3.63) is 101 Å². The van der Waals surface area contributed by atoms with Crippen LogP contribution in [-0.4, -0.2) is 121 Å². The first-order valence-corrected chi connectivity index (χ1v) is 23.9. The van der Waals surface area contributed by atoms with Crippen molar-refractivity contribution in [2.45, 2.75) is 56.4 Å². The number of non-ortho nitro benzene ring substituents is 1. The van der Waals surface area contributed by atoms with Gasteiger partial charge in [0.05, 0.1) is 55.7 Å². The van der Waals surface area contributed by atoms with Crippen LogP contribution in [0, 0.1) is 33.9 Å². The molecule has 0 radical (unpaired) electrons. The molecule has 2 unspecified atom stereocenters. The second-order valence-electron chi connectivity index (χ2n) is 14.3. The molecule has 2 fully saturated rings. The number of aliphatic hydroxyl groups excluding tert-OH is 1. The maximum absolute atomic E-state index is 17.1. The normalized spacial score (nSPS) is 24.6. The van der Waals surface area contributed by atoms with Crippen molar-refractivity contribution < 1.29 is 60.4 Å². The van der Waals surface area contributed by atoms with Crippen LogP contribution in [0.2, 0.25) is 0 Å². The Morgan fingerprint density at radius 3 is 2.61 bits per heavy atom. The van der Waals surface area contributed by atoms with E-state index in [-0.39, 0.29) is 59.9 Å². The number of rotatable bonds is 22. The Labute approximate surface area is 379 Å². The van der Waals surface area contributed by atoms with Crippen LogP contribution in [-0.2, 0) is 53.0 Å². The van der Waals surface area contributed by atoms with Crippen molar-refractivity contribution in [2.75, 3.05) is 44.9 Å². The highest BCUT2D eigenvalue weighted by Crippen LogP contribution is 2.57. The van der Waals surface area contributed by atoms with E-state index in [1.807, 2.05) is 6.07 Å². The number of alkyl halides is 1. The van der Waals surface area contributed by atoms with Crippen molar-refractivity contribution in [1.29, 1.82) is 5.26 Å². The number of imidazole rings is 1. The van der Waals surface area contributed by atoms with Crippen LogP contribution in [0.1, 0.15) is 36.2 Å². The summed E-state index contributed by atoms with van der Waals surface area (Å²) in [6.07, 6.45) is -7.04. The number of anilines is 1. The van der Waals surface area contributed by atoms with Crippen molar-refractivity contribution in [2.24, 2.45) is 5.92 Å². The minimum atomic E-state index is -4.69. The zero-order valence-electron chi connectivity index (χ0n) is 34.6. The Hall–Kier alpha value is -5.57. The van der Waals surface area contributed by atoms with Crippen LogP contribution < -0.4 is 5.32 Å². The number of nitro benzene ring substituents is 1. The van der Waals surface area contributed by atoms with Gasteiger partial charge in [-0.25, -0.2) is 35.2 Å². The monoisotopic (exact) mass is 971 g/mol. The molecule has 24 nitrogen and oxygen atoms in total. The molecule has 1 amide bonds. The maximum atomic E-state index is 17.1. The second kappa shape index (κ2) is 21.4. The number of nitrogens with zero attached hydrogens (tertiary/aromatic N) is 10. The minimum absolute atomic E-state index is 0.00161. The Bertz CT molecular complexity index is 2740. The third kappa shape index (κ3) is 10.5. The number of aliphatic hydroxyl groups is 1. The summed E-state index contributed by atoms with van der Waals surface area (Å²) >= 11 is 5.86. The topological polar surface area (TPSA) is 286 Å². The standard InChI is InChI=1S/C38H40FN11O13P2S/c1-4-16-56-64(55,57-17-9-14-40)62-33-28(61-38(29(33)39)48-22-44-31-34(42-21-43-35(31)48)45-36(52)24-10-6-5-7-11-24)20-59-65(66,58-18-15-41-3)63-32-23(2)37(60-27(32)19-51)49-25-12-8-13-26(50(53)54)30(25)46-47-49/h4-8,10-13,21-23,27-29,32-33,37-38,51H,1,9,15-20H2,2H3,(H,42,43,45,52)/t23-,27-,28-,29-,32+,33-,37-,38-,64?,65?/m1/s1. The molecule has 2 saturated heterocycles. The summed E-state index contributed by atoms with van der Waals surface area (Å²) in [6.45, 7) is 5.93. The Balaban J connectivity index is 1.18. The van der Waals surface area contributed by atoms with Crippen molar-refractivity contribution in [1.82, 2.24) is 34.5 Å². The lowest BCUT2D eigenvalue weighted by Gasteiger charge is -2.30. The summed E-state index contributed by atoms with van der Waals surface area (Å²) in [4.78, 5) is 40.2. The Morgan fingerprint density at radius 1 is 1.09 bits per heavy atom. The van der Waals surface area contributed by atoms with Gasteiger partial charge < -0.3 is 38.3 Å². The summed E-state index contributed by atoms with van der Waals surface area (Å²) in [6, 6.07) is 14.4. The van der Waals surface area contributed by atoms with E-state index in [1.54, 1.807) is 43.3 Å². The molecule has 5 aromatic rings. The lowest BCUT2D eigenvalue weighted by molar-refractivity contribution is -0.383. The zero-order chi connectivity index (χ0) is 47.0. The molecule has 5 heterocycles. The van der Waals surface area contributed by atoms with Gasteiger partial charge >= 0.3 is 14.5 Å². The second-order valence-corrected chi connectivity index (χ2v) is 18.9. The van der Waals surface area contributed by atoms with Crippen molar-refractivity contribution in [3.8, 4) is 6.07 Å². The number of fused-ring (bicyclic) bond motifs is 2. The van der Waals surface area contributed by atoms with Gasteiger partial charge in [-0.2, -0.15) is 5.26 Å². The highest BCUT2D eigenvalue weighted by molar-refractivity contribution is 8.07. The van der Waals surface area contributed by atoms with E-state index in [4.69, 9.17) is 60.3 Å². The number of nitro groups is 1. The molecule has 0 spiro atoms. The van der Waals surface area contributed by atoms with Crippen molar-refractivity contribution >= 4 is 66.0 Å². The number of halogens is 1. The number of phosphoric acid groups is 1. The van der Waals surface area contributed by atoms with E-state index in [1.165, 1.54) is 33.8 Å². The number of benzene rings is 2. The summed E-state index contributed by atoms with van der Waals surface area (Å²) in [5.41, 5.74) is 0.385. The SMILES string of the molecule is [C-]#[N+]CCOP(=S)(OC[C@H]1O[C@@H](n2cnc3c(NC(=O)c4ccccc4)ncnc32)[C@H](F)[C@@H]1OP(=O)(OCC=C)OCCC#N)O[C@H]1[C@@H](C)[C@H](n2nnc3c([N+](=O)[O-])cccc32)O[C@@H]1CO. The van der Waals surface area contributed by atoms with E-state index < -0.39 is 94.2 Å². The molecule has 66 heavy (non-hydrogen) atoms. The van der Waals surface area contributed by atoms with E-state index in [0.29, 0.717) is 5.56 Å². The highest BCUT2D eigenvalue weighted by atomic mass is 32.5. The largest absolute Gasteiger partial charge is 0.475 e. The smallest absolute Gasteiger partial charge is 0.394 e. The number of hydrogen-bond acceptors (Lipinski definition) is 20. The van der Waals surface area contributed by atoms with Gasteiger partial charge in [0.1, 0.15) is 37.4 Å². The number of hydrogen-bond donors (Lipinski definition) is 2. The van der Waals surface area contributed by atoms with Gasteiger partial charge in [0.2, 0.25) is 6.54 Å². The maximum Gasteiger partial charge on any atom is 0.475 e. The first kappa shape index (κ1) is 48.4. The quantitative estimate of drug-likeness (QED) is 0.0220. The lowest BCUT2D eigenvalue weighted by Crippen LogP contribution is -2.35. The van der Waals surface area contributed by atoms with Gasteiger partial charge in [-0.05, 0) is 30.0 Å². The molecule has 28 heteroatoms. The average molecular weight is 972 g/mol. The lowest BCUT2D eigenvalue weighted by atomic mass is 10.0. The van der Waals surface area contributed by atoms with Gasteiger partial charge in [0, 0.05) is 17.5 Å². The molecule has 2 aromatic carbocycles. The summed E-state index contributed by atoms with van der Waals surface area (Å²) in [5, 5.41) is 42.0. The molecule has 348 valence electrons. The molecular weight excluding hydrogens is 931 g/mol. The highest BCUT2D eigenvalue weighted by Gasteiger charge is 2.53. The van der Waals surface area contributed by atoms with Gasteiger partial charge in [-0.3, -0.25) is 33.0 Å². The summed E-state index contributed by atoms with van der Waals surface area (Å²) in [5.74, 6) is -1.21. The zero-order valence-corrected chi connectivity index (χ0v) is 37.2. The molecule has 0 bridgehead atoms. The average Bonchev–Trinajstić information content (AvgIpc) is 4.09. The van der Waals surface area contributed by atoms with Crippen molar-refractivity contribution in [3.63, 3.8) is 0 Å². The first-order chi connectivity index (χ1) is 31.8. The number of aromatic nitrogens is 7. The minimum Gasteiger partial charge on any atom is -0.394 e. The predicted molar refractivity (Wildman–Crippen MR) is 230 cm³/mol. The van der Waals surface area contributed by atoms with Crippen LogP contribution in [0.5, 0.6) is 0 Å². The molecule has 2 N–H and O–H groups in total. The third-order valence-electron chi connectivity index (χ3n) is 10.1. The fourth-order valence-corrected chi connectivity index (χ4v) is 10.5. The number of nitriles is 1. The number of amides is 1. The number of carbonyl (C=O) groups excluding carboxylic acids is 1. The number of nitrogens with one attached hydrogen (secondary N) is 1. The number of ether oxygens (including phenoxy) is 2. The van der Waals surface area contributed by atoms with Crippen LogP contribution >= 0.6 is 14.5 Å². The Morgan fingerprint density at radius 2 is 1.88 bits per heavy atom. The van der Waals surface area contributed by atoms with E-state index in [9.17, 15) is 24.6 Å². The molecule has 2 aliphatic heterocycles. The van der Waals surface area contributed by atoms with Crippen LogP contribution in [0.15, 0.2) is 73.8 Å². The van der Waals surface area contributed by atoms with E-state index in [2.05, 4.69) is 42.0 Å². The van der Waals surface area contributed by atoms with Gasteiger partial charge in [-0.1, -0.05) is 42.5 Å². The molecular formula is C38H40FN11O13P2S. The fraction of sp³-hybridized carbons (Fsp3) is 0.421. The molecule has 7 rings (SSSR count). The van der Waals surface area contributed by atoms with Gasteiger partial charge in [0.15, 0.2) is 41.1 Å². The fourth-order valence-electron chi connectivity index (χ4n) is 7.04. The predicted octanol–water partition coefficient (Wildman–Crippen LogP) is 5.38. The van der Waals surface area contributed by atoms with E-state index in [0.717, 1.165) is 6.33 Å². The van der Waals surface area contributed by atoms with E-state index >= 15 is 4.39 Å². The molecule has 0 saturated carbocycles. The molecule has 10 atom stereocenters. The molecule has 0 aliphatic carbocycles.